The van der Waals surface area contributed by atoms with E-state index in [0.29, 0.717) is 6.07 Å². The maximum absolute atomic E-state index is 13.2. The van der Waals surface area contributed by atoms with Crippen LogP contribution >= 0.6 is 0 Å². The molecule has 0 saturated heterocycles. The van der Waals surface area contributed by atoms with Gasteiger partial charge < -0.3 is 5.32 Å². The standard InChI is InChI=1S/C11H13F2NO3S/c1-18(16,17)6-2-3-11(15)14-10-5-4-8(12)7-9(10)13/h4-5,7H,2-3,6H2,1H3,(H,14,15). The highest BCUT2D eigenvalue weighted by Gasteiger charge is 2.09. The van der Waals surface area contributed by atoms with Crippen LogP contribution in [-0.4, -0.2) is 26.3 Å². The van der Waals surface area contributed by atoms with E-state index in [9.17, 15) is 22.0 Å². The lowest BCUT2D eigenvalue weighted by Gasteiger charge is -2.06. The van der Waals surface area contributed by atoms with Crippen LogP contribution in [0.25, 0.3) is 0 Å². The zero-order valence-corrected chi connectivity index (χ0v) is 10.6. The van der Waals surface area contributed by atoms with Crippen LogP contribution in [0.1, 0.15) is 12.8 Å². The van der Waals surface area contributed by atoms with E-state index in [1.54, 1.807) is 0 Å². The lowest BCUT2D eigenvalue weighted by molar-refractivity contribution is -0.116. The van der Waals surface area contributed by atoms with Crippen LogP contribution in [0.5, 0.6) is 0 Å². The van der Waals surface area contributed by atoms with Crippen molar-refractivity contribution >= 4 is 21.4 Å². The quantitative estimate of drug-likeness (QED) is 0.891. The molecule has 0 aromatic heterocycles. The summed E-state index contributed by atoms with van der Waals surface area (Å²) in [6, 6.07) is 2.79. The molecule has 1 amide bonds. The number of amides is 1. The van der Waals surface area contributed by atoms with Crippen LogP contribution in [0.2, 0.25) is 0 Å². The average molecular weight is 277 g/mol. The molecule has 4 nitrogen and oxygen atoms in total. The van der Waals surface area contributed by atoms with Crippen LogP contribution < -0.4 is 5.32 Å². The first kappa shape index (κ1) is 14.6. The molecule has 0 aliphatic carbocycles. The first-order chi connectivity index (χ1) is 8.28. The molecule has 1 N–H and O–H groups in total. The maximum Gasteiger partial charge on any atom is 0.224 e. The fraction of sp³-hybridized carbons (Fsp3) is 0.364. The molecule has 0 aliphatic heterocycles. The number of hydrogen-bond acceptors (Lipinski definition) is 3. The van der Waals surface area contributed by atoms with Gasteiger partial charge in [-0.1, -0.05) is 0 Å². The van der Waals surface area contributed by atoms with E-state index in [1.165, 1.54) is 0 Å². The summed E-state index contributed by atoms with van der Waals surface area (Å²) in [5, 5.41) is 2.25. The van der Waals surface area contributed by atoms with Crippen LogP contribution in [0.3, 0.4) is 0 Å². The molecule has 0 spiro atoms. The van der Waals surface area contributed by atoms with E-state index in [4.69, 9.17) is 0 Å². The highest BCUT2D eigenvalue weighted by Crippen LogP contribution is 2.15. The average Bonchev–Trinajstić information content (AvgIpc) is 2.20. The summed E-state index contributed by atoms with van der Waals surface area (Å²) in [6.45, 7) is 0. The maximum atomic E-state index is 13.2. The summed E-state index contributed by atoms with van der Waals surface area (Å²) in [6.07, 6.45) is 1.20. The SMILES string of the molecule is CS(=O)(=O)CCCC(=O)Nc1ccc(F)cc1F. The fourth-order valence-corrected chi connectivity index (χ4v) is 1.97. The minimum Gasteiger partial charge on any atom is -0.324 e. The van der Waals surface area contributed by atoms with Gasteiger partial charge in [-0.2, -0.15) is 0 Å². The number of nitrogens with one attached hydrogen (secondary N) is 1. The van der Waals surface area contributed by atoms with Crippen LogP contribution in [0.4, 0.5) is 14.5 Å². The Hall–Kier alpha value is -1.50. The molecule has 1 rings (SSSR count). The van der Waals surface area contributed by atoms with E-state index in [0.717, 1.165) is 18.4 Å². The van der Waals surface area contributed by atoms with Crippen molar-refractivity contribution in [1.29, 1.82) is 0 Å². The van der Waals surface area contributed by atoms with E-state index in [-0.39, 0.29) is 24.3 Å². The van der Waals surface area contributed by atoms with Crippen molar-refractivity contribution in [3.05, 3.63) is 29.8 Å². The third-order valence-corrected chi connectivity index (χ3v) is 3.15. The molecule has 0 radical (unpaired) electrons. The van der Waals surface area contributed by atoms with Gasteiger partial charge in [0.1, 0.15) is 21.5 Å². The third kappa shape index (κ3) is 5.22. The number of hydrogen-bond donors (Lipinski definition) is 1. The Labute approximate surface area is 104 Å². The molecule has 1 aromatic rings. The lowest BCUT2D eigenvalue weighted by Crippen LogP contribution is -2.14. The van der Waals surface area contributed by atoms with Crippen molar-refractivity contribution in [1.82, 2.24) is 0 Å². The largest absolute Gasteiger partial charge is 0.324 e. The van der Waals surface area contributed by atoms with Gasteiger partial charge in [-0.3, -0.25) is 4.79 Å². The number of halogens is 2. The first-order valence-corrected chi connectivity index (χ1v) is 7.26. The molecule has 0 heterocycles. The topological polar surface area (TPSA) is 63.2 Å². The van der Waals surface area contributed by atoms with Gasteiger partial charge in [0.15, 0.2) is 0 Å². The number of anilines is 1. The van der Waals surface area contributed by atoms with Gasteiger partial charge in [-0.25, -0.2) is 17.2 Å². The number of carbonyl (C=O) groups is 1. The third-order valence-electron chi connectivity index (χ3n) is 2.12. The number of carbonyl (C=O) groups excluding carboxylic acids is 1. The predicted octanol–water partition coefficient (Wildman–Crippen LogP) is 1.73. The number of sulfone groups is 1. The van der Waals surface area contributed by atoms with E-state index >= 15 is 0 Å². The predicted molar refractivity (Wildman–Crippen MR) is 63.9 cm³/mol. The molecule has 18 heavy (non-hydrogen) atoms. The minimum atomic E-state index is -3.11. The molecule has 7 heteroatoms. The Balaban J connectivity index is 2.50. The Bertz CT molecular complexity index is 543. The molecule has 0 unspecified atom stereocenters. The van der Waals surface area contributed by atoms with Gasteiger partial charge in [-0.15, -0.1) is 0 Å². The van der Waals surface area contributed by atoms with Gasteiger partial charge in [0, 0.05) is 18.7 Å². The van der Waals surface area contributed by atoms with E-state index < -0.39 is 27.4 Å². The monoisotopic (exact) mass is 277 g/mol. The fourth-order valence-electron chi connectivity index (χ4n) is 1.30. The Morgan fingerprint density at radius 2 is 2.00 bits per heavy atom. The van der Waals surface area contributed by atoms with Gasteiger partial charge >= 0.3 is 0 Å². The summed E-state index contributed by atoms with van der Waals surface area (Å²) in [5.74, 6) is -2.22. The van der Waals surface area contributed by atoms with Crippen molar-refractivity contribution in [2.45, 2.75) is 12.8 Å². The molecule has 0 saturated carbocycles. The van der Waals surface area contributed by atoms with E-state index in [2.05, 4.69) is 5.32 Å². The summed E-state index contributed by atoms with van der Waals surface area (Å²) < 4.78 is 47.4. The first-order valence-electron chi connectivity index (χ1n) is 5.20. The zero-order valence-electron chi connectivity index (χ0n) is 9.74. The number of benzene rings is 1. The van der Waals surface area contributed by atoms with Crippen molar-refractivity contribution in [2.24, 2.45) is 0 Å². The summed E-state index contributed by atoms with van der Waals surface area (Å²) in [4.78, 5) is 11.4. The van der Waals surface area contributed by atoms with Crippen molar-refractivity contribution in [3.63, 3.8) is 0 Å². The number of rotatable bonds is 5. The highest BCUT2D eigenvalue weighted by atomic mass is 32.2. The van der Waals surface area contributed by atoms with Crippen molar-refractivity contribution in [3.8, 4) is 0 Å². The summed E-state index contributed by atoms with van der Waals surface area (Å²) in [5.41, 5.74) is -0.124. The van der Waals surface area contributed by atoms with Crippen LogP contribution in [-0.2, 0) is 14.6 Å². The minimum absolute atomic E-state index is 0.0378. The smallest absolute Gasteiger partial charge is 0.224 e. The Kier molecular flexibility index (Phi) is 4.77. The molecule has 1 aromatic carbocycles. The van der Waals surface area contributed by atoms with Gasteiger partial charge in [0.2, 0.25) is 5.91 Å². The van der Waals surface area contributed by atoms with Gasteiger partial charge in [0.25, 0.3) is 0 Å². The van der Waals surface area contributed by atoms with Crippen molar-refractivity contribution < 1.29 is 22.0 Å². The summed E-state index contributed by atoms with van der Waals surface area (Å²) >= 11 is 0. The van der Waals surface area contributed by atoms with Crippen LogP contribution in [0.15, 0.2) is 18.2 Å². The molecule has 0 atom stereocenters. The van der Waals surface area contributed by atoms with Crippen molar-refractivity contribution in [2.75, 3.05) is 17.3 Å². The molecule has 0 bridgehead atoms. The molecule has 0 fully saturated rings. The second-order valence-corrected chi connectivity index (χ2v) is 6.17. The Morgan fingerprint density at radius 1 is 1.33 bits per heavy atom. The second-order valence-electron chi connectivity index (χ2n) is 3.91. The molecule has 0 aliphatic rings. The lowest BCUT2D eigenvalue weighted by atomic mass is 10.2. The highest BCUT2D eigenvalue weighted by molar-refractivity contribution is 7.90. The second kappa shape index (κ2) is 5.90. The Morgan fingerprint density at radius 3 is 2.56 bits per heavy atom. The van der Waals surface area contributed by atoms with Gasteiger partial charge in [-0.05, 0) is 18.6 Å². The molecular weight excluding hydrogens is 264 g/mol. The zero-order chi connectivity index (χ0) is 13.8. The molecule has 100 valence electrons. The van der Waals surface area contributed by atoms with E-state index in [1.807, 2.05) is 0 Å². The normalized spacial score (nSPS) is 11.3. The molecular formula is C11H13F2NO3S. The summed E-state index contributed by atoms with van der Waals surface area (Å²) in [7, 11) is -3.11. The van der Waals surface area contributed by atoms with Crippen LogP contribution in [0, 0.1) is 11.6 Å². The van der Waals surface area contributed by atoms with Gasteiger partial charge in [0.05, 0.1) is 11.4 Å².